The fourth-order valence-corrected chi connectivity index (χ4v) is 3.04. The summed E-state index contributed by atoms with van der Waals surface area (Å²) in [6.45, 7) is 0.260. The first-order valence-corrected chi connectivity index (χ1v) is 7.93. The normalized spacial score (nSPS) is 19.7. The maximum atomic E-state index is 12.2. The molecule has 2 aromatic heterocycles. The van der Waals surface area contributed by atoms with E-state index >= 15 is 0 Å². The summed E-state index contributed by atoms with van der Waals surface area (Å²) in [7, 11) is 0. The fourth-order valence-electron chi connectivity index (χ4n) is 2.91. The van der Waals surface area contributed by atoms with E-state index in [1.54, 1.807) is 6.20 Å². The van der Waals surface area contributed by atoms with Crippen molar-refractivity contribution in [3.05, 3.63) is 71.1 Å². The van der Waals surface area contributed by atoms with Gasteiger partial charge in [-0.1, -0.05) is 29.8 Å². The van der Waals surface area contributed by atoms with Crippen LogP contribution in [0.4, 0.5) is 0 Å². The molecule has 0 amide bonds. The summed E-state index contributed by atoms with van der Waals surface area (Å²) in [5, 5.41) is 0.710. The van der Waals surface area contributed by atoms with E-state index in [-0.39, 0.29) is 24.4 Å². The highest BCUT2D eigenvalue weighted by Crippen LogP contribution is 2.48. The highest BCUT2D eigenvalue weighted by Gasteiger charge is 2.45. The first-order valence-electron chi connectivity index (χ1n) is 7.55. The third kappa shape index (κ3) is 2.82. The van der Waals surface area contributed by atoms with Crippen LogP contribution < -0.4 is 0 Å². The number of fused-ring (bicyclic) bond motifs is 1. The van der Waals surface area contributed by atoms with Crippen LogP contribution in [0, 0.1) is 5.92 Å². The molecule has 2 heterocycles. The second kappa shape index (κ2) is 5.70. The van der Waals surface area contributed by atoms with Crippen LogP contribution in [0.3, 0.4) is 0 Å². The Bertz CT molecular complexity index is 857. The van der Waals surface area contributed by atoms with Gasteiger partial charge in [0.15, 0.2) is 0 Å². The minimum atomic E-state index is -0.137. The number of hydrogen-bond donors (Lipinski definition) is 0. The molecule has 3 aromatic rings. The minimum absolute atomic E-state index is 0.0434. The number of rotatable bonds is 4. The van der Waals surface area contributed by atoms with E-state index in [9.17, 15) is 4.79 Å². The van der Waals surface area contributed by atoms with Crippen molar-refractivity contribution in [2.75, 3.05) is 0 Å². The van der Waals surface area contributed by atoms with Gasteiger partial charge in [0.1, 0.15) is 12.3 Å². The summed E-state index contributed by atoms with van der Waals surface area (Å²) in [6.07, 6.45) is 4.44. The summed E-state index contributed by atoms with van der Waals surface area (Å²) in [6, 6.07) is 13.4. The lowest BCUT2D eigenvalue weighted by atomic mass is 10.1. The van der Waals surface area contributed by atoms with Crippen molar-refractivity contribution in [3.63, 3.8) is 0 Å². The molecule has 1 fully saturated rings. The zero-order chi connectivity index (χ0) is 15.8. The van der Waals surface area contributed by atoms with Crippen LogP contribution in [0.5, 0.6) is 0 Å². The minimum Gasteiger partial charge on any atom is -0.459 e. The van der Waals surface area contributed by atoms with Gasteiger partial charge < -0.3 is 9.14 Å². The molecule has 1 saturated carbocycles. The van der Waals surface area contributed by atoms with Gasteiger partial charge in [-0.15, -0.1) is 0 Å². The van der Waals surface area contributed by atoms with E-state index in [1.165, 1.54) is 0 Å². The van der Waals surface area contributed by atoms with Crippen molar-refractivity contribution in [3.8, 4) is 0 Å². The topological polar surface area (TPSA) is 43.6 Å². The molecule has 116 valence electrons. The summed E-state index contributed by atoms with van der Waals surface area (Å²) in [5.74, 6) is 0.0732. The van der Waals surface area contributed by atoms with Gasteiger partial charge in [0.2, 0.25) is 0 Å². The van der Waals surface area contributed by atoms with Crippen molar-refractivity contribution in [2.24, 2.45) is 5.92 Å². The SMILES string of the molecule is O=C(OCc1cccc2nccn12)C1CC1c1ccc(Cl)cc1. The zero-order valence-electron chi connectivity index (χ0n) is 12.4. The van der Waals surface area contributed by atoms with Gasteiger partial charge in [-0.3, -0.25) is 4.79 Å². The lowest BCUT2D eigenvalue weighted by molar-refractivity contribution is -0.146. The monoisotopic (exact) mass is 326 g/mol. The molecule has 2 atom stereocenters. The van der Waals surface area contributed by atoms with Crippen molar-refractivity contribution >= 4 is 23.2 Å². The van der Waals surface area contributed by atoms with Gasteiger partial charge in [-0.25, -0.2) is 4.98 Å². The Morgan fingerprint density at radius 3 is 2.91 bits per heavy atom. The average Bonchev–Trinajstić information content (AvgIpc) is 3.22. The van der Waals surface area contributed by atoms with Gasteiger partial charge in [-0.05, 0) is 42.2 Å². The third-order valence-corrected chi connectivity index (χ3v) is 4.52. The molecule has 4 rings (SSSR count). The van der Waals surface area contributed by atoms with Crippen LogP contribution in [0.25, 0.3) is 5.65 Å². The fraction of sp³-hybridized carbons (Fsp3) is 0.222. The quantitative estimate of drug-likeness (QED) is 0.684. The Balaban J connectivity index is 1.40. The van der Waals surface area contributed by atoms with E-state index in [0.717, 1.165) is 23.3 Å². The largest absolute Gasteiger partial charge is 0.459 e. The molecule has 2 unspecified atom stereocenters. The number of carbonyl (C=O) groups excluding carboxylic acids is 1. The predicted molar refractivity (Wildman–Crippen MR) is 87.3 cm³/mol. The Labute approximate surface area is 138 Å². The Morgan fingerprint density at radius 1 is 1.26 bits per heavy atom. The number of halogens is 1. The molecule has 1 aliphatic carbocycles. The molecule has 0 bridgehead atoms. The van der Waals surface area contributed by atoms with E-state index in [0.29, 0.717) is 5.02 Å². The first kappa shape index (κ1) is 14.3. The molecule has 4 nitrogen and oxygen atoms in total. The molecule has 0 N–H and O–H groups in total. The number of hydrogen-bond acceptors (Lipinski definition) is 3. The van der Waals surface area contributed by atoms with Crippen LogP contribution in [0.2, 0.25) is 5.02 Å². The number of ether oxygens (including phenoxy) is 1. The summed E-state index contributed by atoms with van der Waals surface area (Å²) >= 11 is 5.89. The second-order valence-corrected chi connectivity index (χ2v) is 6.22. The van der Waals surface area contributed by atoms with Gasteiger partial charge >= 0.3 is 5.97 Å². The van der Waals surface area contributed by atoms with Gasteiger partial charge in [0.05, 0.1) is 11.6 Å². The number of esters is 1. The zero-order valence-corrected chi connectivity index (χ0v) is 13.1. The molecule has 0 aliphatic heterocycles. The molecule has 0 spiro atoms. The maximum Gasteiger partial charge on any atom is 0.309 e. The highest BCUT2D eigenvalue weighted by molar-refractivity contribution is 6.30. The number of pyridine rings is 1. The lowest BCUT2D eigenvalue weighted by Gasteiger charge is -2.07. The average molecular weight is 327 g/mol. The third-order valence-electron chi connectivity index (χ3n) is 4.27. The van der Waals surface area contributed by atoms with Crippen LogP contribution >= 0.6 is 11.6 Å². The number of nitrogens with zero attached hydrogens (tertiary/aromatic N) is 2. The maximum absolute atomic E-state index is 12.2. The van der Waals surface area contributed by atoms with Crippen molar-refractivity contribution in [1.29, 1.82) is 0 Å². The number of carbonyl (C=O) groups is 1. The Hall–Kier alpha value is -2.33. The smallest absolute Gasteiger partial charge is 0.309 e. The number of imidazole rings is 1. The summed E-state index contributed by atoms with van der Waals surface area (Å²) < 4.78 is 7.42. The summed E-state index contributed by atoms with van der Waals surface area (Å²) in [5.41, 5.74) is 2.91. The predicted octanol–water partition coefficient (Wildman–Crippen LogP) is 3.83. The van der Waals surface area contributed by atoms with E-state index < -0.39 is 0 Å². The van der Waals surface area contributed by atoms with Gasteiger partial charge in [0, 0.05) is 17.4 Å². The van der Waals surface area contributed by atoms with Crippen LogP contribution in [0.15, 0.2) is 54.9 Å². The number of benzene rings is 1. The van der Waals surface area contributed by atoms with E-state index in [1.807, 2.05) is 53.1 Å². The molecule has 0 saturated heterocycles. The second-order valence-electron chi connectivity index (χ2n) is 5.78. The standard InChI is InChI=1S/C18H15ClN2O2/c19-13-6-4-12(5-7-13)15-10-16(15)18(22)23-11-14-2-1-3-17-20-8-9-21(14)17/h1-9,15-16H,10-11H2. The van der Waals surface area contributed by atoms with Crippen molar-refractivity contribution < 1.29 is 9.53 Å². The number of aromatic nitrogens is 2. The molecular weight excluding hydrogens is 312 g/mol. The van der Waals surface area contributed by atoms with Crippen LogP contribution in [0.1, 0.15) is 23.6 Å². The Morgan fingerprint density at radius 2 is 2.09 bits per heavy atom. The van der Waals surface area contributed by atoms with Crippen LogP contribution in [-0.4, -0.2) is 15.4 Å². The summed E-state index contributed by atoms with van der Waals surface area (Å²) in [4.78, 5) is 16.5. The van der Waals surface area contributed by atoms with E-state index in [2.05, 4.69) is 4.98 Å². The van der Waals surface area contributed by atoms with E-state index in [4.69, 9.17) is 16.3 Å². The molecule has 0 radical (unpaired) electrons. The molecule has 5 heteroatoms. The molecule has 1 aliphatic rings. The lowest BCUT2D eigenvalue weighted by Crippen LogP contribution is -2.09. The molecular formula is C18H15ClN2O2. The molecule has 23 heavy (non-hydrogen) atoms. The van der Waals surface area contributed by atoms with Crippen molar-refractivity contribution in [2.45, 2.75) is 18.9 Å². The Kier molecular flexibility index (Phi) is 3.54. The molecule has 1 aromatic carbocycles. The van der Waals surface area contributed by atoms with Gasteiger partial charge in [-0.2, -0.15) is 0 Å². The highest BCUT2D eigenvalue weighted by atomic mass is 35.5. The van der Waals surface area contributed by atoms with Crippen LogP contribution in [-0.2, 0) is 16.1 Å². The first-order chi connectivity index (χ1) is 11.2. The van der Waals surface area contributed by atoms with Crippen molar-refractivity contribution in [1.82, 2.24) is 9.38 Å². The van der Waals surface area contributed by atoms with Gasteiger partial charge in [0.25, 0.3) is 0 Å².